The van der Waals surface area contributed by atoms with Crippen LogP contribution in [0.15, 0.2) is 54.6 Å². The molecule has 0 bridgehead atoms. The van der Waals surface area contributed by atoms with Crippen LogP contribution in [0, 0.1) is 5.82 Å². The van der Waals surface area contributed by atoms with Crippen LogP contribution in [0.2, 0.25) is 0 Å². The highest BCUT2D eigenvalue weighted by Crippen LogP contribution is 2.29. The van der Waals surface area contributed by atoms with E-state index in [9.17, 15) is 14.0 Å². The van der Waals surface area contributed by atoms with Crippen molar-refractivity contribution in [3.05, 3.63) is 82.1 Å². The highest BCUT2D eigenvalue weighted by Gasteiger charge is 2.25. The smallest absolute Gasteiger partial charge is 0.260 e. The van der Waals surface area contributed by atoms with Gasteiger partial charge in [0.15, 0.2) is 5.13 Å². The Morgan fingerprint density at radius 2 is 1.81 bits per heavy atom. The fourth-order valence-corrected chi connectivity index (χ4v) is 4.01. The third kappa shape index (κ3) is 3.59. The minimum absolute atomic E-state index is 0.0217. The third-order valence-corrected chi connectivity index (χ3v) is 5.38. The number of halogens is 1. The molecule has 1 aliphatic heterocycles. The molecule has 136 valence electrons. The standard InChI is InChI=1S/C20H16FN3O2S/c21-15-9-5-4-8-14(15)18(25)23-20-22-16-10-11-24(12-17(16)27-20)19(26)13-6-2-1-3-7-13/h1-9H,10-12H2,(H,22,23,25). The average molecular weight is 381 g/mol. The van der Waals surface area contributed by atoms with E-state index in [0.29, 0.717) is 30.2 Å². The van der Waals surface area contributed by atoms with Crippen LogP contribution in [-0.4, -0.2) is 28.2 Å². The zero-order valence-corrected chi connectivity index (χ0v) is 15.1. The Hall–Kier alpha value is -3.06. The Kier molecular flexibility index (Phi) is 4.68. The number of fused-ring (bicyclic) bond motifs is 1. The first-order chi connectivity index (χ1) is 13.1. The maximum absolute atomic E-state index is 13.7. The van der Waals surface area contributed by atoms with Crippen LogP contribution in [0.5, 0.6) is 0 Å². The summed E-state index contributed by atoms with van der Waals surface area (Å²) in [6, 6.07) is 15.0. The van der Waals surface area contributed by atoms with E-state index in [1.807, 2.05) is 18.2 Å². The maximum atomic E-state index is 13.7. The molecule has 2 aromatic carbocycles. The van der Waals surface area contributed by atoms with Crippen molar-refractivity contribution < 1.29 is 14.0 Å². The summed E-state index contributed by atoms with van der Waals surface area (Å²) < 4.78 is 13.7. The van der Waals surface area contributed by atoms with Gasteiger partial charge in [-0.3, -0.25) is 14.9 Å². The number of anilines is 1. The molecule has 2 amide bonds. The number of amides is 2. The fourth-order valence-electron chi connectivity index (χ4n) is 3.00. The summed E-state index contributed by atoms with van der Waals surface area (Å²) in [7, 11) is 0. The molecular formula is C20H16FN3O2S. The first-order valence-electron chi connectivity index (χ1n) is 8.50. The van der Waals surface area contributed by atoms with E-state index >= 15 is 0 Å². The number of aromatic nitrogens is 1. The number of nitrogens with zero attached hydrogens (tertiary/aromatic N) is 2. The van der Waals surface area contributed by atoms with Crippen LogP contribution in [0.25, 0.3) is 0 Å². The van der Waals surface area contributed by atoms with Crippen molar-refractivity contribution in [2.24, 2.45) is 0 Å². The Morgan fingerprint density at radius 3 is 2.59 bits per heavy atom. The van der Waals surface area contributed by atoms with Crippen LogP contribution in [-0.2, 0) is 13.0 Å². The second-order valence-electron chi connectivity index (χ2n) is 6.17. The predicted octanol–water partition coefficient (Wildman–Crippen LogP) is 3.73. The van der Waals surface area contributed by atoms with E-state index in [1.54, 1.807) is 23.1 Å². The molecule has 3 aromatic rings. The summed E-state index contributed by atoms with van der Waals surface area (Å²) >= 11 is 1.32. The minimum Gasteiger partial charge on any atom is -0.333 e. The van der Waals surface area contributed by atoms with E-state index in [2.05, 4.69) is 10.3 Å². The highest BCUT2D eigenvalue weighted by atomic mass is 32.1. The zero-order valence-electron chi connectivity index (χ0n) is 14.3. The quantitative estimate of drug-likeness (QED) is 0.752. The summed E-state index contributed by atoms with van der Waals surface area (Å²) in [6.45, 7) is 1.03. The van der Waals surface area contributed by atoms with Crippen LogP contribution < -0.4 is 5.32 Å². The van der Waals surface area contributed by atoms with E-state index in [-0.39, 0.29) is 11.5 Å². The van der Waals surface area contributed by atoms with Gasteiger partial charge >= 0.3 is 0 Å². The van der Waals surface area contributed by atoms with Gasteiger partial charge in [0.2, 0.25) is 0 Å². The fraction of sp³-hybridized carbons (Fsp3) is 0.150. The topological polar surface area (TPSA) is 62.3 Å². The van der Waals surface area contributed by atoms with Crippen molar-refractivity contribution in [3.8, 4) is 0 Å². The van der Waals surface area contributed by atoms with Crippen molar-refractivity contribution in [3.63, 3.8) is 0 Å². The largest absolute Gasteiger partial charge is 0.333 e. The van der Waals surface area contributed by atoms with Gasteiger partial charge < -0.3 is 4.90 Å². The molecule has 4 rings (SSSR count). The lowest BCUT2D eigenvalue weighted by Crippen LogP contribution is -2.35. The van der Waals surface area contributed by atoms with Gasteiger partial charge in [0, 0.05) is 23.4 Å². The molecule has 0 atom stereocenters. The van der Waals surface area contributed by atoms with Gasteiger partial charge in [0.25, 0.3) is 11.8 Å². The van der Waals surface area contributed by atoms with Crippen molar-refractivity contribution in [2.75, 3.05) is 11.9 Å². The molecule has 0 unspecified atom stereocenters. The molecule has 1 aliphatic rings. The summed E-state index contributed by atoms with van der Waals surface area (Å²) in [4.78, 5) is 32.0. The molecule has 0 fully saturated rings. The van der Waals surface area contributed by atoms with Gasteiger partial charge in [-0.1, -0.05) is 41.7 Å². The lowest BCUT2D eigenvalue weighted by Gasteiger charge is -2.26. The van der Waals surface area contributed by atoms with Crippen LogP contribution in [0.4, 0.5) is 9.52 Å². The molecule has 0 spiro atoms. The molecule has 0 aliphatic carbocycles. The minimum atomic E-state index is -0.573. The molecular weight excluding hydrogens is 365 g/mol. The SMILES string of the molecule is O=C(Nc1nc2c(s1)CN(C(=O)c1ccccc1)CC2)c1ccccc1F. The second kappa shape index (κ2) is 7.28. The predicted molar refractivity (Wildman–Crippen MR) is 101 cm³/mol. The number of benzene rings is 2. The van der Waals surface area contributed by atoms with Gasteiger partial charge in [0.1, 0.15) is 5.82 Å². The number of nitrogens with one attached hydrogen (secondary N) is 1. The molecule has 1 N–H and O–H groups in total. The normalized spacial score (nSPS) is 13.1. The number of thiazole rings is 1. The Labute approximate surface area is 159 Å². The van der Waals surface area contributed by atoms with Crippen molar-refractivity contribution in [1.29, 1.82) is 0 Å². The summed E-state index contributed by atoms with van der Waals surface area (Å²) in [6.07, 6.45) is 0.625. The number of hydrogen-bond donors (Lipinski definition) is 1. The Bertz CT molecular complexity index is 1000. The molecule has 0 radical (unpaired) electrons. The van der Waals surface area contributed by atoms with Crippen molar-refractivity contribution in [1.82, 2.24) is 9.88 Å². The molecule has 27 heavy (non-hydrogen) atoms. The Balaban J connectivity index is 1.48. The summed E-state index contributed by atoms with van der Waals surface area (Å²) in [5.74, 6) is -1.13. The highest BCUT2D eigenvalue weighted by molar-refractivity contribution is 7.15. The van der Waals surface area contributed by atoms with Crippen LogP contribution >= 0.6 is 11.3 Å². The first-order valence-corrected chi connectivity index (χ1v) is 9.32. The van der Waals surface area contributed by atoms with E-state index in [4.69, 9.17) is 0 Å². The number of carbonyl (C=O) groups is 2. The molecule has 7 heteroatoms. The number of carbonyl (C=O) groups excluding carboxylic acids is 2. The third-order valence-electron chi connectivity index (χ3n) is 4.38. The van der Waals surface area contributed by atoms with E-state index < -0.39 is 11.7 Å². The molecule has 2 heterocycles. The van der Waals surface area contributed by atoms with Crippen molar-refractivity contribution >= 4 is 28.3 Å². The van der Waals surface area contributed by atoms with E-state index in [1.165, 1.54) is 29.5 Å². The molecule has 5 nitrogen and oxygen atoms in total. The van der Waals surface area contributed by atoms with Crippen LogP contribution in [0.1, 0.15) is 31.3 Å². The van der Waals surface area contributed by atoms with E-state index in [0.717, 1.165) is 10.6 Å². The molecule has 1 aromatic heterocycles. The lowest BCUT2D eigenvalue weighted by atomic mass is 10.1. The summed E-state index contributed by atoms with van der Waals surface area (Å²) in [5.41, 5.74) is 1.51. The van der Waals surface area contributed by atoms with Gasteiger partial charge in [-0.15, -0.1) is 0 Å². The van der Waals surface area contributed by atoms with Crippen LogP contribution in [0.3, 0.4) is 0 Å². The van der Waals surface area contributed by atoms with Gasteiger partial charge in [-0.2, -0.15) is 0 Å². The van der Waals surface area contributed by atoms with Gasteiger partial charge in [0.05, 0.1) is 17.8 Å². The summed E-state index contributed by atoms with van der Waals surface area (Å²) in [5, 5.41) is 3.08. The second-order valence-corrected chi connectivity index (χ2v) is 7.25. The number of hydrogen-bond acceptors (Lipinski definition) is 4. The Morgan fingerprint density at radius 1 is 1.07 bits per heavy atom. The monoisotopic (exact) mass is 381 g/mol. The lowest BCUT2D eigenvalue weighted by molar-refractivity contribution is 0.0736. The molecule has 0 saturated carbocycles. The maximum Gasteiger partial charge on any atom is 0.260 e. The van der Waals surface area contributed by atoms with Crippen molar-refractivity contribution in [2.45, 2.75) is 13.0 Å². The zero-order chi connectivity index (χ0) is 18.8. The average Bonchev–Trinajstić information content (AvgIpc) is 3.09. The van der Waals surface area contributed by atoms with Gasteiger partial charge in [-0.25, -0.2) is 9.37 Å². The number of rotatable bonds is 3. The van der Waals surface area contributed by atoms with Gasteiger partial charge in [-0.05, 0) is 24.3 Å². The first kappa shape index (κ1) is 17.4. The molecule has 0 saturated heterocycles.